The van der Waals surface area contributed by atoms with Crippen LogP contribution >= 0.6 is 0 Å². The van der Waals surface area contributed by atoms with Crippen molar-refractivity contribution in [3.05, 3.63) is 65.2 Å². The maximum Gasteiger partial charge on any atom is 0.253 e. The van der Waals surface area contributed by atoms with E-state index in [9.17, 15) is 4.79 Å². The Kier molecular flexibility index (Phi) is 4.39. The number of carbonyl (C=O) groups is 1. The lowest BCUT2D eigenvalue weighted by molar-refractivity contribution is 0.0952. The van der Waals surface area contributed by atoms with Gasteiger partial charge in [0.2, 0.25) is 0 Å². The minimum absolute atomic E-state index is 0.0128. The summed E-state index contributed by atoms with van der Waals surface area (Å²) in [6, 6.07) is 15.7. The van der Waals surface area contributed by atoms with Gasteiger partial charge in [-0.2, -0.15) is 0 Å². The fraction of sp³-hybridized carbons (Fsp3) is 0.278. The number of para-hydroxylation sites is 1. The van der Waals surface area contributed by atoms with Crippen molar-refractivity contribution in [1.82, 2.24) is 5.32 Å². The lowest BCUT2D eigenvalue weighted by atomic mass is 10.1. The number of anilines is 1. The first-order valence-corrected chi connectivity index (χ1v) is 7.58. The fourth-order valence-electron chi connectivity index (χ4n) is 2.29. The SMILES string of the molecule is O=C(NC1CC1)c1ccccc1NCc1ccc(CO)cc1. The van der Waals surface area contributed by atoms with Gasteiger partial charge in [-0.15, -0.1) is 0 Å². The molecule has 0 spiro atoms. The third-order valence-corrected chi connectivity index (χ3v) is 3.77. The van der Waals surface area contributed by atoms with Crippen molar-refractivity contribution in [2.75, 3.05) is 5.32 Å². The first-order chi connectivity index (χ1) is 10.8. The molecule has 1 aliphatic carbocycles. The van der Waals surface area contributed by atoms with Crippen LogP contribution in [0.3, 0.4) is 0 Å². The summed E-state index contributed by atoms with van der Waals surface area (Å²) in [5, 5.41) is 15.4. The smallest absolute Gasteiger partial charge is 0.253 e. The Morgan fingerprint density at radius 3 is 2.41 bits per heavy atom. The topological polar surface area (TPSA) is 61.4 Å². The quantitative estimate of drug-likeness (QED) is 0.768. The number of rotatable bonds is 6. The van der Waals surface area contributed by atoms with Gasteiger partial charge in [0.15, 0.2) is 0 Å². The zero-order valence-corrected chi connectivity index (χ0v) is 12.4. The van der Waals surface area contributed by atoms with Crippen LogP contribution < -0.4 is 10.6 Å². The largest absolute Gasteiger partial charge is 0.392 e. The normalized spacial score (nSPS) is 13.7. The van der Waals surface area contributed by atoms with Crippen LogP contribution in [0.4, 0.5) is 5.69 Å². The van der Waals surface area contributed by atoms with Crippen molar-refractivity contribution < 1.29 is 9.90 Å². The molecule has 0 heterocycles. The number of aliphatic hydroxyl groups excluding tert-OH is 1. The Morgan fingerprint density at radius 2 is 1.73 bits per heavy atom. The molecule has 0 aromatic heterocycles. The standard InChI is InChI=1S/C18H20N2O2/c21-12-14-7-5-13(6-8-14)11-19-17-4-2-1-3-16(17)18(22)20-15-9-10-15/h1-8,15,19,21H,9-12H2,(H,20,22). The molecule has 4 nitrogen and oxygen atoms in total. The second kappa shape index (κ2) is 6.62. The van der Waals surface area contributed by atoms with Crippen molar-refractivity contribution in [3.63, 3.8) is 0 Å². The van der Waals surface area contributed by atoms with Gasteiger partial charge < -0.3 is 15.7 Å². The van der Waals surface area contributed by atoms with Gasteiger partial charge in [-0.25, -0.2) is 0 Å². The van der Waals surface area contributed by atoms with Crippen molar-refractivity contribution in [2.24, 2.45) is 0 Å². The highest BCUT2D eigenvalue weighted by molar-refractivity contribution is 5.99. The molecule has 1 saturated carbocycles. The second-order valence-electron chi connectivity index (χ2n) is 5.62. The summed E-state index contributed by atoms with van der Waals surface area (Å²) in [6.45, 7) is 0.692. The van der Waals surface area contributed by atoms with Crippen molar-refractivity contribution in [2.45, 2.75) is 32.0 Å². The van der Waals surface area contributed by atoms with Gasteiger partial charge in [-0.3, -0.25) is 4.79 Å². The van der Waals surface area contributed by atoms with Gasteiger partial charge in [0, 0.05) is 18.3 Å². The van der Waals surface area contributed by atoms with E-state index in [1.165, 1.54) is 0 Å². The van der Waals surface area contributed by atoms with Gasteiger partial charge in [0.1, 0.15) is 0 Å². The third kappa shape index (κ3) is 3.65. The summed E-state index contributed by atoms with van der Waals surface area (Å²) >= 11 is 0. The Bertz CT molecular complexity index is 648. The number of aliphatic hydroxyl groups is 1. The highest BCUT2D eigenvalue weighted by atomic mass is 16.3. The van der Waals surface area contributed by atoms with Crippen LogP contribution in [0.25, 0.3) is 0 Å². The van der Waals surface area contributed by atoms with Crippen LogP contribution in [0.1, 0.15) is 34.3 Å². The van der Waals surface area contributed by atoms with Crippen LogP contribution in [-0.2, 0) is 13.2 Å². The minimum Gasteiger partial charge on any atom is -0.392 e. The van der Waals surface area contributed by atoms with Crippen LogP contribution in [0.15, 0.2) is 48.5 Å². The minimum atomic E-state index is -0.0128. The zero-order valence-electron chi connectivity index (χ0n) is 12.4. The Balaban J connectivity index is 1.67. The number of nitrogens with one attached hydrogen (secondary N) is 2. The van der Waals surface area contributed by atoms with E-state index >= 15 is 0 Å². The van der Waals surface area contributed by atoms with E-state index in [1.54, 1.807) is 0 Å². The Labute approximate surface area is 130 Å². The van der Waals surface area contributed by atoms with Crippen molar-refractivity contribution >= 4 is 11.6 Å². The van der Waals surface area contributed by atoms with Crippen molar-refractivity contribution in [3.8, 4) is 0 Å². The van der Waals surface area contributed by atoms with Gasteiger partial charge in [-0.05, 0) is 36.1 Å². The summed E-state index contributed by atoms with van der Waals surface area (Å²) in [6.07, 6.45) is 2.16. The molecule has 1 aliphatic rings. The number of carbonyl (C=O) groups excluding carboxylic acids is 1. The number of hydrogen-bond acceptors (Lipinski definition) is 3. The van der Waals surface area contributed by atoms with Crippen LogP contribution in [-0.4, -0.2) is 17.1 Å². The molecule has 0 saturated heterocycles. The summed E-state index contributed by atoms with van der Waals surface area (Å²) in [7, 11) is 0. The van der Waals surface area contributed by atoms with E-state index in [2.05, 4.69) is 10.6 Å². The van der Waals surface area contributed by atoms with Crippen molar-refractivity contribution in [1.29, 1.82) is 0 Å². The highest BCUT2D eigenvalue weighted by Crippen LogP contribution is 2.22. The molecule has 2 aromatic carbocycles. The van der Waals surface area contributed by atoms with E-state index in [0.717, 1.165) is 29.7 Å². The van der Waals surface area contributed by atoms with E-state index in [4.69, 9.17) is 5.11 Å². The third-order valence-electron chi connectivity index (χ3n) is 3.77. The maximum atomic E-state index is 12.2. The monoisotopic (exact) mass is 296 g/mol. The molecule has 3 N–H and O–H groups in total. The van der Waals surface area contributed by atoms with Gasteiger partial charge >= 0.3 is 0 Å². The summed E-state index contributed by atoms with van der Waals surface area (Å²) < 4.78 is 0. The fourth-order valence-corrected chi connectivity index (χ4v) is 2.29. The van der Waals surface area contributed by atoms with Crippen LogP contribution in [0.5, 0.6) is 0 Å². The van der Waals surface area contributed by atoms with Crippen LogP contribution in [0.2, 0.25) is 0 Å². The lowest BCUT2D eigenvalue weighted by Gasteiger charge is -2.12. The summed E-state index contributed by atoms with van der Waals surface area (Å²) in [4.78, 5) is 12.2. The average molecular weight is 296 g/mol. The zero-order chi connectivity index (χ0) is 15.4. The van der Waals surface area contributed by atoms with E-state index < -0.39 is 0 Å². The van der Waals surface area contributed by atoms with E-state index in [0.29, 0.717) is 18.2 Å². The van der Waals surface area contributed by atoms with Gasteiger partial charge in [-0.1, -0.05) is 36.4 Å². The number of amides is 1. The summed E-state index contributed by atoms with van der Waals surface area (Å²) in [5.74, 6) is -0.0128. The molecule has 1 amide bonds. The van der Waals surface area contributed by atoms with Gasteiger partial charge in [0.25, 0.3) is 5.91 Å². The Morgan fingerprint density at radius 1 is 1.05 bits per heavy atom. The van der Waals surface area contributed by atoms with Crippen LogP contribution in [0, 0.1) is 0 Å². The van der Waals surface area contributed by atoms with E-state index in [-0.39, 0.29) is 12.5 Å². The number of hydrogen-bond donors (Lipinski definition) is 3. The molecule has 2 aromatic rings. The predicted molar refractivity (Wildman–Crippen MR) is 86.6 cm³/mol. The molecule has 22 heavy (non-hydrogen) atoms. The second-order valence-corrected chi connectivity index (χ2v) is 5.62. The maximum absolute atomic E-state index is 12.2. The molecular weight excluding hydrogens is 276 g/mol. The van der Waals surface area contributed by atoms with E-state index in [1.807, 2.05) is 48.5 Å². The molecule has 0 atom stereocenters. The molecular formula is C18H20N2O2. The average Bonchev–Trinajstić information content (AvgIpc) is 3.37. The molecule has 4 heteroatoms. The number of benzene rings is 2. The molecule has 0 unspecified atom stereocenters. The molecule has 0 bridgehead atoms. The first kappa shape index (κ1) is 14.6. The highest BCUT2D eigenvalue weighted by Gasteiger charge is 2.24. The Hall–Kier alpha value is -2.33. The molecule has 114 valence electrons. The molecule has 1 fully saturated rings. The predicted octanol–water partition coefficient (Wildman–Crippen LogP) is 2.68. The molecule has 0 radical (unpaired) electrons. The lowest BCUT2D eigenvalue weighted by Crippen LogP contribution is -2.26. The summed E-state index contributed by atoms with van der Waals surface area (Å²) in [5.41, 5.74) is 3.52. The molecule has 3 rings (SSSR count). The first-order valence-electron chi connectivity index (χ1n) is 7.58. The van der Waals surface area contributed by atoms with Gasteiger partial charge in [0.05, 0.1) is 12.2 Å². The molecule has 0 aliphatic heterocycles.